The maximum Gasteiger partial charge on any atom is 0.225 e. The van der Waals surface area contributed by atoms with E-state index in [1.165, 1.54) is 0 Å². The number of nitrogens with one attached hydrogen (secondary N) is 1. The number of amides is 1. The van der Waals surface area contributed by atoms with Crippen LogP contribution in [-0.4, -0.2) is 26.2 Å². The van der Waals surface area contributed by atoms with Gasteiger partial charge in [-0.3, -0.25) is 4.79 Å². The molecule has 0 bridgehead atoms. The number of hydrogen-bond donors (Lipinski definition) is 1. The van der Waals surface area contributed by atoms with Gasteiger partial charge < -0.3 is 10.1 Å². The molecule has 0 fully saturated rings. The molecule has 0 spiro atoms. The van der Waals surface area contributed by atoms with Crippen LogP contribution in [0.1, 0.15) is 11.3 Å². The van der Waals surface area contributed by atoms with Crippen LogP contribution in [-0.2, 0) is 16.0 Å². The molecular weight excluding hydrogens is 198 g/mol. The Morgan fingerprint density at radius 1 is 1.64 bits per heavy atom. The molecular formula is C10H15NO2S. The smallest absolute Gasteiger partial charge is 0.225 e. The molecule has 0 aliphatic heterocycles. The lowest BCUT2D eigenvalue weighted by Gasteiger charge is -2.03. The van der Waals surface area contributed by atoms with Gasteiger partial charge in [0.1, 0.15) is 0 Å². The van der Waals surface area contributed by atoms with Crippen molar-refractivity contribution in [2.75, 3.05) is 20.3 Å². The number of rotatable bonds is 6. The zero-order chi connectivity index (χ0) is 10.2. The molecule has 0 unspecified atom stereocenters. The zero-order valence-corrected chi connectivity index (χ0v) is 9.10. The highest BCUT2D eigenvalue weighted by Gasteiger charge is 2.02. The first kappa shape index (κ1) is 11.2. The highest BCUT2D eigenvalue weighted by Crippen LogP contribution is 2.08. The SMILES string of the molecule is COCCCNC(=O)Cc1cccs1. The van der Waals surface area contributed by atoms with Gasteiger partial charge in [-0.1, -0.05) is 6.07 Å². The minimum Gasteiger partial charge on any atom is -0.385 e. The van der Waals surface area contributed by atoms with Gasteiger partial charge >= 0.3 is 0 Å². The maximum absolute atomic E-state index is 11.3. The van der Waals surface area contributed by atoms with Crippen molar-refractivity contribution in [1.29, 1.82) is 0 Å². The van der Waals surface area contributed by atoms with E-state index in [-0.39, 0.29) is 5.91 Å². The molecule has 1 aromatic rings. The van der Waals surface area contributed by atoms with Crippen molar-refractivity contribution < 1.29 is 9.53 Å². The van der Waals surface area contributed by atoms with Crippen LogP contribution < -0.4 is 5.32 Å². The van der Waals surface area contributed by atoms with E-state index in [2.05, 4.69) is 5.32 Å². The quantitative estimate of drug-likeness (QED) is 0.726. The van der Waals surface area contributed by atoms with Gasteiger partial charge in [-0.05, 0) is 17.9 Å². The Labute approximate surface area is 88.1 Å². The van der Waals surface area contributed by atoms with Gasteiger partial charge in [0.05, 0.1) is 6.42 Å². The summed E-state index contributed by atoms with van der Waals surface area (Å²) in [5.74, 6) is 0.0866. The highest BCUT2D eigenvalue weighted by molar-refractivity contribution is 7.10. The second kappa shape index (κ2) is 6.56. The first-order valence-corrected chi connectivity index (χ1v) is 5.49. The highest BCUT2D eigenvalue weighted by atomic mass is 32.1. The van der Waals surface area contributed by atoms with Gasteiger partial charge in [0.15, 0.2) is 0 Å². The van der Waals surface area contributed by atoms with Crippen molar-refractivity contribution >= 4 is 17.2 Å². The Kier molecular flexibility index (Phi) is 5.25. The Morgan fingerprint density at radius 3 is 3.14 bits per heavy atom. The van der Waals surface area contributed by atoms with Crippen molar-refractivity contribution in [3.8, 4) is 0 Å². The van der Waals surface area contributed by atoms with Crippen molar-refractivity contribution in [1.82, 2.24) is 5.32 Å². The average Bonchev–Trinajstić information content (AvgIpc) is 2.65. The second-order valence-electron chi connectivity index (χ2n) is 2.95. The lowest BCUT2D eigenvalue weighted by Crippen LogP contribution is -2.26. The second-order valence-corrected chi connectivity index (χ2v) is 3.98. The molecule has 0 aliphatic carbocycles. The van der Waals surface area contributed by atoms with E-state index in [0.29, 0.717) is 19.6 Å². The Balaban J connectivity index is 2.11. The molecule has 1 N–H and O–H groups in total. The van der Waals surface area contributed by atoms with E-state index in [0.717, 1.165) is 11.3 Å². The van der Waals surface area contributed by atoms with E-state index < -0.39 is 0 Å². The number of thiophene rings is 1. The summed E-state index contributed by atoms with van der Waals surface area (Å²) in [7, 11) is 1.66. The minimum absolute atomic E-state index is 0.0866. The first-order valence-electron chi connectivity index (χ1n) is 4.61. The maximum atomic E-state index is 11.3. The summed E-state index contributed by atoms with van der Waals surface area (Å²) < 4.78 is 4.88. The fourth-order valence-electron chi connectivity index (χ4n) is 1.08. The third kappa shape index (κ3) is 4.39. The summed E-state index contributed by atoms with van der Waals surface area (Å²) in [5.41, 5.74) is 0. The van der Waals surface area contributed by atoms with Gasteiger partial charge in [0.2, 0.25) is 5.91 Å². The molecule has 0 radical (unpaired) electrons. The molecule has 1 heterocycles. The number of carbonyl (C=O) groups is 1. The normalized spacial score (nSPS) is 10.1. The van der Waals surface area contributed by atoms with E-state index in [1.807, 2.05) is 17.5 Å². The molecule has 4 heteroatoms. The standard InChI is InChI=1S/C10H15NO2S/c1-13-6-3-5-11-10(12)8-9-4-2-7-14-9/h2,4,7H,3,5-6,8H2,1H3,(H,11,12). The molecule has 0 saturated heterocycles. The number of methoxy groups -OCH3 is 1. The van der Waals surface area contributed by atoms with Crippen molar-refractivity contribution in [3.05, 3.63) is 22.4 Å². The van der Waals surface area contributed by atoms with Crippen LogP contribution in [0.2, 0.25) is 0 Å². The van der Waals surface area contributed by atoms with Crippen LogP contribution >= 0.6 is 11.3 Å². The zero-order valence-electron chi connectivity index (χ0n) is 8.29. The van der Waals surface area contributed by atoms with Crippen LogP contribution in [0.5, 0.6) is 0 Å². The number of hydrogen-bond acceptors (Lipinski definition) is 3. The molecule has 1 amide bonds. The summed E-state index contributed by atoms with van der Waals surface area (Å²) in [6.45, 7) is 1.39. The van der Waals surface area contributed by atoms with Crippen molar-refractivity contribution in [2.45, 2.75) is 12.8 Å². The third-order valence-electron chi connectivity index (χ3n) is 1.76. The largest absolute Gasteiger partial charge is 0.385 e. The Morgan fingerprint density at radius 2 is 2.50 bits per heavy atom. The lowest BCUT2D eigenvalue weighted by molar-refractivity contribution is -0.120. The van der Waals surface area contributed by atoms with Crippen LogP contribution in [0, 0.1) is 0 Å². The molecule has 1 rings (SSSR count). The van der Waals surface area contributed by atoms with E-state index in [4.69, 9.17) is 4.74 Å². The van der Waals surface area contributed by atoms with Crippen LogP contribution in [0.15, 0.2) is 17.5 Å². The van der Waals surface area contributed by atoms with Gasteiger partial charge in [-0.25, -0.2) is 0 Å². The summed E-state index contributed by atoms with van der Waals surface area (Å²) in [6.07, 6.45) is 1.36. The van der Waals surface area contributed by atoms with Crippen LogP contribution in [0.4, 0.5) is 0 Å². The molecule has 1 aromatic heterocycles. The van der Waals surface area contributed by atoms with Crippen LogP contribution in [0.25, 0.3) is 0 Å². The van der Waals surface area contributed by atoms with Crippen LogP contribution in [0.3, 0.4) is 0 Å². The van der Waals surface area contributed by atoms with E-state index in [9.17, 15) is 4.79 Å². The van der Waals surface area contributed by atoms with Gasteiger partial charge in [-0.15, -0.1) is 11.3 Å². The van der Waals surface area contributed by atoms with E-state index >= 15 is 0 Å². The summed E-state index contributed by atoms with van der Waals surface area (Å²) in [6, 6.07) is 3.93. The first-order chi connectivity index (χ1) is 6.83. The number of carbonyl (C=O) groups excluding carboxylic acids is 1. The summed E-state index contributed by atoms with van der Waals surface area (Å²) in [4.78, 5) is 12.4. The monoisotopic (exact) mass is 213 g/mol. The average molecular weight is 213 g/mol. The predicted octanol–water partition coefficient (Wildman–Crippen LogP) is 1.44. The lowest BCUT2D eigenvalue weighted by atomic mass is 10.3. The molecule has 78 valence electrons. The van der Waals surface area contributed by atoms with Gasteiger partial charge in [0.25, 0.3) is 0 Å². The molecule has 0 saturated carbocycles. The predicted molar refractivity (Wildman–Crippen MR) is 57.5 cm³/mol. The minimum atomic E-state index is 0.0866. The Hall–Kier alpha value is -0.870. The molecule has 0 aromatic carbocycles. The molecule has 14 heavy (non-hydrogen) atoms. The van der Waals surface area contributed by atoms with E-state index in [1.54, 1.807) is 18.4 Å². The fourth-order valence-corrected chi connectivity index (χ4v) is 1.78. The fraction of sp³-hybridized carbons (Fsp3) is 0.500. The molecule has 3 nitrogen and oxygen atoms in total. The van der Waals surface area contributed by atoms with Crippen molar-refractivity contribution in [3.63, 3.8) is 0 Å². The van der Waals surface area contributed by atoms with Gasteiger partial charge in [0, 0.05) is 25.1 Å². The summed E-state index contributed by atoms with van der Waals surface area (Å²) in [5, 5.41) is 4.82. The number of ether oxygens (including phenoxy) is 1. The van der Waals surface area contributed by atoms with Crippen molar-refractivity contribution in [2.24, 2.45) is 0 Å². The molecule has 0 aliphatic rings. The third-order valence-corrected chi connectivity index (χ3v) is 2.64. The topological polar surface area (TPSA) is 38.3 Å². The van der Waals surface area contributed by atoms with Gasteiger partial charge in [-0.2, -0.15) is 0 Å². The Bertz CT molecular complexity index is 259. The molecule has 0 atom stereocenters. The summed E-state index contributed by atoms with van der Waals surface area (Å²) >= 11 is 1.61.